The number of ether oxygens (including phenoxy) is 1. The normalized spacial score (nSPS) is 11.1. The van der Waals surface area contributed by atoms with Crippen molar-refractivity contribution in [2.45, 2.75) is 62.8 Å². The van der Waals surface area contributed by atoms with Crippen LogP contribution >= 0.6 is 11.8 Å². The molecule has 0 saturated carbocycles. The summed E-state index contributed by atoms with van der Waals surface area (Å²) in [7, 11) is 0. The number of alkyl halides is 2. The first-order valence-electron chi connectivity index (χ1n) is 10.6. The molecule has 0 heterocycles. The second-order valence-electron chi connectivity index (χ2n) is 7.59. The molecule has 174 valence electrons. The highest BCUT2D eigenvalue weighted by atomic mass is 32.2. The zero-order chi connectivity index (χ0) is 23.5. The van der Waals surface area contributed by atoms with Crippen molar-refractivity contribution >= 4 is 23.6 Å². The number of hydrogen-bond donors (Lipinski definition) is 1. The van der Waals surface area contributed by atoms with Gasteiger partial charge in [-0.3, -0.25) is 9.59 Å². The smallest absolute Gasteiger partial charge is 0.303 e. The van der Waals surface area contributed by atoms with Crippen molar-refractivity contribution in [1.29, 1.82) is 0 Å². The Morgan fingerprint density at radius 2 is 1.72 bits per heavy atom. The van der Waals surface area contributed by atoms with E-state index in [0.29, 0.717) is 47.5 Å². The first kappa shape index (κ1) is 25.6. The highest BCUT2D eigenvalue weighted by molar-refractivity contribution is 7.99. The highest BCUT2D eigenvalue weighted by Gasteiger charge is 2.21. The number of thioether (sulfide) groups is 1. The maximum Gasteiger partial charge on any atom is 0.303 e. The van der Waals surface area contributed by atoms with E-state index in [4.69, 9.17) is 9.84 Å². The summed E-state index contributed by atoms with van der Waals surface area (Å²) in [6, 6.07) is 13.6. The molecule has 2 aromatic rings. The van der Waals surface area contributed by atoms with Gasteiger partial charge in [0.25, 0.3) is 11.7 Å². The second-order valence-corrected chi connectivity index (χ2v) is 8.65. The fraction of sp³-hybridized carbons (Fsp3) is 0.417. The van der Waals surface area contributed by atoms with Gasteiger partial charge < -0.3 is 14.7 Å². The number of para-hydroxylation sites is 1. The van der Waals surface area contributed by atoms with Gasteiger partial charge in [0.2, 0.25) is 0 Å². The van der Waals surface area contributed by atoms with Gasteiger partial charge in [0.1, 0.15) is 5.75 Å². The predicted octanol–water partition coefficient (Wildman–Crippen LogP) is 6.08. The molecule has 0 fully saturated rings. The van der Waals surface area contributed by atoms with Crippen LogP contribution in [0.25, 0.3) is 0 Å². The van der Waals surface area contributed by atoms with Crippen LogP contribution in [0.1, 0.15) is 55.5 Å². The Labute approximate surface area is 191 Å². The third-order valence-corrected chi connectivity index (χ3v) is 5.54. The van der Waals surface area contributed by atoms with Crippen molar-refractivity contribution in [1.82, 2.24) is 4.90 Å². The van der Waals surface area contributed by atoms with Crippen LogP contribution in [0.5, 0.6) is 5.75 Å². The highest BCUT2D eigenvalue weighted by Crippen LogP contribution is 2.26. The standard InChI is InChI=1S/C24H29F2NO4S/c1-17(2)27(23(30)18-11-13-20(14-12-18)32-24(25)26)16-19-8-5-6-9-21(19)31-15-7-3-4-10-22(28)29/h5-6,8-9,11-14,17,24H,3-4,7,10,15-16H2,1-2H3,(H,28,29). The van der Waals surface area contributed by atoms with Crippen LogP contribution in [0.4, 0.5) is 8.78 Å². The van der Waals surface area contributed by atoms with E-state index in [1.807, 2.05) is 38.1 Å². The molecule has 0 radical (unpaired) electrons. The summed E-state index contributed by atoms with van der Waals surface area (Å²) in [5.41, 5.74) is 1.30. The first-order valence-corrected chi connectivity index (χ1v) is 11.4. The molecule has 8 heteroatoms. The zero-order valence-electron chi connectivity index (χ0n) is 18.3. The number of amides is 1. The van der Waals surface area contributed by atoms with Crippen LogP contribution in [-0.4, -0.2) is 40.3 Å². The summed E-state index contributed by atoms with van der Waals surface area (Å²) < 4.78 is 31.0. The Kier molecular flexibility index (Phi) is 10.5. The molecule has 0 spiro atoms. The van der Waals surface area contributed by atoms with E-state index in [0.717, 1.165) is 18.4 Å². The van der Waals surface area contributed by atoms with Crippen LogP contribution in [0, 0.1) is 0 Å². The fourth-order valence-electron chi connectivity index (χ4n) is 3.13. The van der Waals surface area contributed by atoms with E-state index >= 15 is 0 Å². The van der Waals surface area contributed by atoms with Crippen molar-refractivity contribution in [3.05, 3.63) is 59.7 Å². The predicted molar refractivity (Wildman–Crippen MR) is 121 cm³/mol. The molecule has 2 rings (SSSR count). The van der Waals surface area contributed by atoms with Gasteiger partial charge in [0.05, 0.1) is 6.61 Å². The van der Waals surface area contributed by atoms with E-state index < -0.39 is 11.7 Å². The maximum atomic E-state index is 13.1. The van der Waals surface area contributed by atoms with Crippen molar-refractivity contribution in [3.63, 3.8) is 0 Å². The number of aliphatic carboxylic acids is 1. The Balaban J connectivity index is 2.03. The molecule has 0 unspecified atom stereocenters. The molecule has 0 bridgehead atoms. The first-order chi connectivity index (χ1) is 15.3. The van der Waals surface area contributed by atoms with Crippen molar-refractivity contribution in [3.8, 4) is 5.75 Å². The van der Waals surface area contributed by atoms with Crippen LogP contribution in [0.2, 0.25) is 0 Å². The number of carboxylic acids is 1. The minimum atomic E-state index is -2.50. The van der Waals surface area contributed by atoms with Gasteiger partial charge in [0, 0.05) is 35.0 Å². The Bertz CT molecular complexity index is 875. The lowest BCUT2D eigenvalue weighted by atomic mass is 10.1. The molecule has 5 nitrogen and oxygen atoms in total. The molecular formula is C24H29F2NO4S. The average Bonchev–Trinajstić information content (AvgIpc) is 2.74. The zero-order valence-corrected chi connectivity index (χ0v) is 19.1. The maximum absolute atomic E-state index is 13.1. The summed E-state index contributed by atoms with van der Waals surface area (Å²) in [4.78, 5) is 25.8. The minimum Gasteiger partial charge on any atom is -0.493 e. The second kappa shape index (κ2) is 13.1. The van der Waals surface area contributed by atoms with E-state index in [-0.39, 0.29) is 18.4 Å². The molecule has 32 heavy (non-hydrogen) atoms. The van der Waals surface area contributed by atoms with Gasteiger partial charge in [0.15, 0.2) is 0 Å². The third kappa shape index (κ3) is 8.49. The van der Waals surface area contributed by atoms with Crippen molar-refractivity contribution in [2.75, 3.05) is 6.61 Å². The fourth-order valence-corrected chi connectivity index (χ4v) is 3.63. The van der Waals surface area contributed by atoms with Gasteiger partial charge in [-0.15, -0.1) is 0 Å². The third-order valence-electron chi connectivity index (χ3n) is 4.82. The molecule has 0 aliphatic carbocycles. The van der Waals surface area contributed by atoms with Gasteiger partial charge in [-0.2, -0.15) is 8.78 Å². The van der Waals surface area contributed by atoms with Gasteiger partial charge in [-0.1, -0.05) is 30.0 Å². The molecule has 0 aliphatic rings. The number of carboxylic acid groups (broad SMARTS) is 1. The summed E-state index contributed by atoms with van der Waals surface area (Å²) in [6.07, 6.45) is 2.29. The molecule has 1 N–H and O–H groups in total. The molecule has 0 aromatic heterocycles. The number of halogens is 2. The number of benzene rings is 2. The van der Waals surface area contributed by atoms with Gasteiger partial charge >= 0.3 is 5.97 Å². The summed E-state index contributed by atoms with van der Waals surface area (Å²) in [6.45, 7) is 4.66. The quantitative estimate of drug-likeness (QED) is 0.287. The van der Waals surface area contributed by atoms with E-state index in [1.165, 1.54) is 12.1 Å². The van der Waals surface area contributed by atoms with Crippen molar-refractivity contribution in [2.24, 2.45) is 0 Å². The number of carbonyl (C=O) groups excluding carboxylic acids is 1. The largest absolute Gasteiger partial charge is 0.493 e. The Morgan fingerprint density at radius 1 is 1.03 bits per heavy atom. The summed E-state index contributed by atoms with van der Waals surface area (Å²) >= 11 is 0.448. The SMILES string of the molecule is CC(C)N(Cc1ccccc1OCCCCCC(=O)O)C(=O)c1ccc(SC(F)F)cc1. The lowest BCUT2D eigenvalue weighted by molar-refractivity contribution is -0.137. The van der Waals surface area contributed by atoms with Gasteiger partial charge in [-0.05, 0) is 63.4 Å². The van der Waals surface area contributed by atoms with Gasteiger partial charge in [-0.25, -0.2) is 0 Å². The lowest BCUT2D eigenvalue weighted by Gasteiger charge is -2.28. The molecular weight excluding hydrogens is 436 g/mol. The molecule has 0 aliphatic heterocycles. The van der Waals surface area contributed by atoms with Crippen LogP contribution in [0.3, 0.4) is 0 Å². The average molecular weight is 466 g/mol. The summed E-state index contributed by atoms with van der Waals surface area (Å²) in [5, 5.41) is 8.69. The molecule has 0 saturated heterocycles. The molecule has 1 amide bonds. The Morgan fingerprint density at radius 3 is 2.34 bits per heavy atom. The van der Waals surface area contributed by atoms with E-state index in [1.54, 1.807) is 17.0 Å². The monoisotopic (exact) mass is 465 g/mol. The number of rotatable bonds is 13. The Hall–Kier alpha value is -2.61. The number of nitrogens with zero attached hydrogens (tertiary/aromatic N) is 1. The van der Waals surface area contributed by atoms with Crippen molar-refractivity contribution < 1.29 is 28.2 Å². The van der Waals surface area contributed by atoms with E-state index in [2.05, 4.69) is 0 Å². The summed E-state index contributed by atoms with van der Waals surface area (Å²) in [5.74, 6) is -2.79. The van der Waals surface area contributed by atoms with Crippen LogP contribution in [0.15, 0.2) is 53.4 Å². The number of unbranched alkanes of at least 4 members (excludes halogenated alkanes) is 2. The minimum absolute atomic E-state index is 0.0818. The van der Waals surface area contributed by atoms with Crippen LogP contribution < -0.4 is 4.74 Å². The molecule has 0 atom stereocenters. The number of carbonyl (C=O) groups is 2. The van der Waals surface area contributed by atoms with Crippen LogP contribution in [-0.2, 0) is 11.3 Å². The molecule has 2 aromatic carbocycles. The van der Waals surface area contributed by atoms with E-state index in [9.17, 15) is 18.4 Å². The lowest BCUT2D eigenvalue weighted by Crippen LogP contribution is -2.36. The number of hydrogen-bond acceptors (Lipinski definition) is 4. The topological polar surface area (TPSA) is 66.8 Å².